The van der Waals surface area contributed by atoms with Crippen molar-refractivity contribution in [1.29, 1.82) is 0 Å². The van der Waals surface area contributed by atoms with Crippen molar-refractivity contribution in [1.82, 2.24) is 15.1 Å². The highest BCUT2D eigenvalue weighted by Crippen LogP contribution is 2.39. The van der Waals surface area contributed by atoms with Gasteiger partial charge >= 0.3 is 0 Å². The van der Waals surface area contributed by atoms with Crippen LogP contribution in [0.4, 0.5) is 0 Å². The molecule has 0 bridgehead atoms. The maximum atomic E-state index is 12.7. The first-order valence-corrected chi connectivity index (χ1v) is 10.1. The first-order chi connectivity index (χ1) is 14.5. The minimum absolute atomic E-state index is 0.227. The van der Waals surface area contributed by atoms with E-state index in [1.807, 2.05) is 0 Å². The number of hydrogen-bond acceptors (Lipinski definition) is 6. The minimum atomic E-state index is -0.227. The number of methoxy groups -OCH3 is 3. The third-order valence-corrected chi connectivity index (χ3v) is 5.43. The van der Waals surface area contributed by atoms with Crippen molar-refractivity contribution in [2.24, 2.45) is 0 Å². The van der Waals surface area contributed by atoms with Crippen molar-refractivity contribution in [3.8, 4) is 17.2 Å². The fraction of sp³-hybridized carbons (Fsp3) is 0.435. The van der Waals surface area contributed by atoms with Crippen molar-refractivity contribution in [2.75, 3.05) is 54.6 Å². The molecule has 1 amide bonds. The van der Waals surface area contributed by atoms with Gasteiger partial charge in [-0.1, -0.05) is 24.3 Å². The second kappa shape index (κ2) is 10.3. The summed E-state index contributed by atoms with van der Waals surface area (Å²) in [6.07, 6.45) is 0. The van der Waals surface area contributed by atoms with Crippen LogP contribution in [0.15, 0.2) is 36.4 Å². The topological polar surface area (TPSA) is 63.3 Å². The van der Waals surface area contributed by atoms with Crippen LogP contribution < -0.4 is 19.5 Å². The number of hydrogen-bond donors (Lipinski definition) is 1. The molecule has 30 heavy (non-hydrogen) atoms. The summed E-state index contributed by atoms with van der Waals surface area (Å²) < 4.78 is 16.0. The monoisotopic (exact) mass is 413 g/mol. The number of piperazine rings is 1. The molecule has 0 atom stereocenters. The zero-order valence-electron chi connectivity index (χ0n) is 18.2. The van der Waals surface area contributed by atoms with Crippen molar-refractivity contribution in [3.63, 3.8) is 0 Å². The van der Waals surface area contributed by atoms with E-state index in [2.05, 4.69) is 46.4 Å². The number of benzene rings is 2. The van der Waals surface area contributed by atoms with Crippen LogP contribution in [0.1, 0.15) is 21.5 Å². The Labute approximate surface area is 178 Å². The molecule has 7 nitrogen and oxygen atoms in total. The molecule has 2 aromatic rings. The van der Waals surface area contributed by atoms with E-state index in [-0.39, 0.29) is 5.91 Å². The largest absolute Gasteiger partial charge is 0.493 e. The van der Waals surface area contributed by atoms with Crippen LogP contribution >= 0.6 is 0 Å². The predicted octanol–water partition coefficient (Wildman–Crippen LogP) is 2.39. The lowest BCUT2D eigenvalue weighted by molar-refractivity contribution is 0.0947. The van der Waals surface area contributed by atoms with Gasteiger partial charge in [0, 0.05) is 39.3 Å². The fourth-order valence-corrected chi connectivity index (χ4v) is 3.58. The van der Waals surface area contributed by atoms with Gasteiger partial charge in [-0.05, 0) is 30.3 Å². The number of likely N-dealkylation sites (N-methyl/N-ethyl adjacent to an activating group) is 1. The molecule has 3 rings (SSSR count). The van der Waals surface area contributed by atoms with Gasteiger partial charge < -0.3 is 24.4 Å². The molecular weight excluding hydrogens is 382 g/mol. The van der Waals surface area contributed by atoms with Crippen molar-refractivity contribution in [2.45, 2.75) is 13.1 Å². The number of rotatable bonds is 8. The Hall–Kier alpha value is -2.77. The molecule has 1 fully saturated rings. The molecule has 2 aromatic carbocycles. The average molecular weight is 414 g/mol. The third kappa shape index (κ3) is 5.23. The maximum Gasteiger partial charge on any atom is 0.255 e. The van der Waals surface area contributed by atoms with Crippen LogP contribution in [0.25, 0.3) is 0 Å². The Kier molecular flexibility index (Phi) is 7.54. The van der Waals surface area contributed by atoms with Gasteiger partial charge in [0.25, 0.3) is 5.91 Å². The Morgan fingerprint density at radius 2 is 1.50 bits per heavy atom. The fourth-order valence-electron chi connectivity index (χ4n) is 3.58. The minimum Gasteiger partial charge on any atom is -0.493 e. The second-order valence-corrected chi connectivity index (χ2v) is 7.46. The first-order valence-electron chi connectivity index (χ1n) is 10.1. The smallest absolute Gasteiger partial charge is 0.255 e. The molecule has 1 heterocycles. The number of carbonyl (C=O) groups excluding carboxylic acids is 1. The molecule has 7 heteroatoms. The summed E-state index contributed by atoms with van der Waals surface area (Å²) in [5.74, 6) is 1.05. The lowest BCUT2D eigenvalue weighted by Crippen LogP contribution is -2.43. The molecule has 1 aliphatic heterocycles. The first kappa shape index (κ1) is 21.9. The van der Waals surface area contributed by atoms with Crippen molar-refractivity contribution < 1.29 is 19.0 Å². The molecule has 0 unspecified atom stereocenters. The summed E-state index contributed by atoms with van der Waals surface area (Å²) in [5, 5.41) is 2.95. The zero-order valence-corrected chi connectivity index (χ0v) is 18.2. The van der Waals surface area contributed by atoms with E-state index in [4.69, 9.17) is 14.2 Å². The van der Waals surface area contributed by atoms with E-state index in [1.54, 1.807) is 19.2 Å². The van der Waals surface area contributed by atoms with Crippen LogP contribution in [0.5, 0.6) is 17.2 Å². The third-order valence-electron chi connectivity index (χ3n) is 5.43. The van der Waals surface area contributed by atoms with Crippen LogP contribution in [-0.4, -0.2) is 70.3 Å². The van der Waals surface area contributed by atoms with Gasteiger partial charge in [0.05, 0.1) is 26.9 Å². The highest BCUT2D eigenvalue weighted by Gasteiger charge is 2.20. The van der Waals surface area contributed by atoms with Crippen LogP contribution in [0.2, 0.25) is 0 Å². The summed E-state index contributed by atoms with van der Waals surface area (Å²) in [6, 6.07) is 11.8. The summed E-state index contributed by atoms with van der Waals surface area (Å²) >= 11 is 0. The van der Waals surface area contributed by atoms with Crippen LogP contribution in [0.3, 0.4) is 0 Å². The molecule has 162 valence electrons. The van der Waals surface area contributed by atoms with E-state index in [1.165, 1.54) is 19.8 Å². The maximum absolute atomic E-state index is 12.7. The highest BCUT2D eigenvalue weighted by molar-refractivity contribution is 5.98. The summed E-state index contributed by atoms with van der Waals surface area (Å²) in [4.78, 5) is 17.6. The lowest BCUT2D eigenvalue weighted by Gasteiger charge is -2.32. The van der Waals surface area contributed by atoms with Crippen molar-refractivity contribution >= 4 is 5.91 Å². The Balaban J connectivity index is 1.60. The number of ether oxygens (including phenoxy) is 3. The standard InChI is InChI=1S/C23H31N3O4/c1-25-11-13-26(14-12-25)16-18-7-5-17(6-8-18)15-24-23(27)19-9-10-20(28-2)22(30-4)21(19)29-3/h5-10H,11-16H2,1-4H3,(H,24,27). The second-order valence-electron chi connectivity index (χ2n) is 7.46. The van der Waals surface area contributed by atoms with Crippen LogP contribution in [0, 0.1) is 0 Å². The predicted molar refractivity (Wildman–Crippen MR) is 116 cm³/mol. The molecular formula is C23H31N3O4. The normalized spacial score (nSPS) is 14.9. The summed E-state index contributed by atoms with van der Waals surface area (Å²) in [7, 11) is 6.74. The zero-order chi connectivity index (χ0) is 21.5. The molecule has 0 aliphatic carbocycles. The molecule has 0 radical (unpaired) electrons. The SMILES string of the molecule is COc1ccc(C(=O)NCc2ccc(CN3CCN(C)CC3)cc2)c(OC)c1OC. The molecule has 0 saturated carbocycles. The van der Waals surface area contributed by atoms with Gasteiger partial charge in [-0.2, -0.15) is 0 Å². The quantitative estimate of drug-likeness (QED) is 0.717. The van der Waals surface area contributed by atoms with Gasteiger partial charge in [0.1, 0.15) is 0 Å². The van der Waals surface area contributed by atoms with E-state index in [9.17, 15) is 4.79 Å². The Bertz CT molecular complexity index is 846. The van der Waals surface area contributed by atoms with Gasteiger partial charge in [-0.3, -0.25) is 9.69 Å². The average Bonchev–Trinajstić information content (AvgIpc) is 2.78. The molecule has 0 spiro atoms. The van der Waals surface area contributed by atoms with Gasteiger partial charge in [-0.25, -0.2) is 0 Å². The van der Waals surface area contributed by atoms with E-state index in [0.29, 0.717) is 29.4 Å². The summed E-state index contributed by atoms with van der Waals surface area (Å²) in [6.45, 7) is 5.82. The Morgan fingerprint density at radius 3 is 2.10 bits per heavy atom. The van der Waals surface area contributed by atoms with E-state index < -0.39 is 0 Å². The molecule has 1 saturated heterocycles. The molecule has 1 aliphatic rings. The molecule has 0 aromatic heterocycles. The van der Waals surface area contributed by atoms with E-state index in [0.717, 1.165) is 38.3 Å². The van der Waals surface area contributed by atoms with Gasteiger partial charge in [-0.15, -0.1) is 0 Å². The molecule has 1 N–H and O–H groups in total. The highest BCUT2D eigenvalue weighted by atomic mass is 16.5. The van der Waals surface area contributed by atoms with Crippen molar-refractivity contribution in [3.05, 3.63) is 53.1 Å². The van der Waals surface area contributed by atoms with Crippen LogP contribution in [-0.2, 0) is 13.1 Å². The summed E-state index contributed by atoms with van der Waals surface area (Å²) in [5.41, 5.74) is 2.74. The lowest BCUT2D eigenvalue weighted by atomic mass is 10.1. The van der Waals surface area contributed by atoms with Gasteiger partial charge in [0.15, 0.2) is 11.5 Å². The number of amides is 1. The van der Waals surface area contributed by atoms with E-state index >= 15 is 0 Å². The Morgan fingerprint density at radius 1 is 0.867 bits per heavy atom. The van der Waals surface area contributed by atoms with Gasteiger partial charge in [0.2, 0.25) is 5.75 Å². The number of carbonyl (C=O) groups is 1. The number of nitrogens with one attached hydrogen (secondary N) is 1. The number of nitrogens with zero attached hydrogens (tertiary/aromatic N) is 2.